The zero-order valence-electron chi connectivity index (χ0n) is 20.0. The molecule has 0 radical (unpaired) electrons. The lowest BCUT2D eigenvalue weighted by Gasteiger charge is -2.12. The van der Waals surface area contributed by atoms with E-state index in [-0.39, 0.29) is 24.1 Å². The molecule has 1 amide bonds. The summed E-state index contributed by atoms with van der Waals surface area (Å²) in [7, 11) is 3.10. The first-order valence-electron chi connectivity index (χ1n) is 10.8. The number of esters is 1. The van der Waals surface area contributed by atoms with E-state index in [0.717, 1.165) is 22.5 Å². The van der Waals surface area contributed by atoms with Gasteiger partial charge in [0, 0.05) is 11.8 Å². The first-order valence-corrected chi connectivity index (χ1v) is 11.8. The summed E-state index contributed by atoms with van der Waals surface area (Å²) in [5, 5.41) is 6.77. The van der Waals surface area contributed by atoms with Crippen LogP contribution < -0.4 is 20.1 Å². The third-order valence-electron chi connectivity index (χ3n) is 5.11. The molecule has 0 aromatic heterocycles. The number of nitrogens with one attached hydrogen (secondary N) is 2. The van der Waals surface area contributed by atoms with Crippen LogP contribution in [0.2, 0.25) is 0 Å². The van der Waals surface area contributed by atoms with Crippen LogP contribution in [0, 0.1) is 13.8 Å². The second-order valence-electron chi connectivity index (χ2n) is 7.58. The van der Waals surface area contributed by atoms with Crippen molar-refractivity contribution < 1.29 is 23.8 Å². The SMILES string of the molecule is CCOC(=O)CC1=CC(SCC(=O)Nc2cc(OC)ccc2OC)=Nc2cc(C)c(C)cc2N1. The van der Waals surface area contributed by atoms with Crippen molar-refractivity contribution >= 4 is 45.7 Å². The Morgan fingerprint density at radius 2 is 1.85 bits per heavy atom. The molecular formula is C25H29N3O5S. The number of rotatable bonds is 8. The van der Waals surface area contributed by atoms with E-state index in [9.17, 15) is 9.59 Å². The highest BCUT2D eigenvalue weighted by atomic mass is 32.2. The maximum Gasteiger partial charge on any atom is 0.311 e. The van der Waals surface area contributed by atoms with Gasteiger partial charge in [0.05, 0.1) is 55.1 Å². The fraction of sp³-hybridized carbons (Fsp3) is 0.320. The summed E-state index contributed by atoms with van der Waals surface area (Å²) in [6, 6.07) is 9.18. The quantitative estimate of drug-likeness (QED) is 0.511. The number of carbonyl (C=O) groups excluding carboxylic acids is 2. The monoisotopic (exact) mass is 483 g/mol. The smallest absolute Gasteiger partial charge is 0.311 e. The lowest BCUT2D eigenvalue weighted by Crippen LogP contribution is -2.16. The number of methoxy groups -OCH3 is 2. The van der Waals surface area contributed by atoms with Crippen molar-refractivity contribution in [2.45, 2.75) is 27.2 Å². The number of thioether (sulfide) groups is 1. The van der Waals surface area contributed by atoms with Crippen molar-refractivity contribution in [3.8, 4) is 11.5 Å². The van der Waals surface area contributed by atoms with Crippen molar-refractivity contribution in [3.63, 3.8) is 0 Å². The van der Waals surface area contributed by atoms with E-state index in [4.69, 9.17) is 19.2 Å². The molecule has 2 N–H and O–H groups in total. The minimum Gasteiger partial charge on any atom is -0.497 e. The van der Waals surface area contributed by atoms with E-state index in [2.05, 4.69) is 10.6 Å². The number of carbonyl (C=O) groups is 2. The van der Waals surface area contributed by atoms with Crippen LogP contribution in [-0.2, 0) is 14.3 Å². The molecule has 0 atom stereocenters. The van der Waals surface area contributed by atoms with Crippen LogP contribution in [0.4, 0.5) is 17.1 Å². The Hall–Kier alpha value is -3.46. The Labute approximate surface area is 203 Å². The van der Waals surface area contributed by atoms with Gasteiger partial charge in [-0.05, 0) is 62.2 Å². The molecule has 8 nitrogen and oxygen atoms in total. The predicted octanol–water partition coefficient (Wildman–Crippen LogP) is 4.99. The van der Waals surface area contributed by atoms with Crippen LogP contribution in [0.5, 0.6) is 11.5 Å². The third-order valence-corrected chi connectivity index (χ3v) is 6.02. The fourth-order valence-electron chi connectivity index (χ4n) is 3.28. The number of amides is 1. The largest absolute Gasteiger partial charge is 0.497 e. The van der Waals surface area contributed by atoms with Gasteiger partial charge in [0.1, 0.15) is 11.5 Å². The van der Waals surface area contributed by atoms with E-state index in [1.807, 2.05) is 26.0 Å². The van der Waals surface area contributed by atoms with Crippen molar-refractivity contribution in [2.24, 2.45) is 4.99 Å². The average Bonchev–Trinajstić information content (AvgIpc) is 2.96. The molecule has 0 fully saturated rings. The number of hydrogen-bond donors (Lipinski definition) is 2. The van der Waals surface area contributed by atoms with Crippen molar-refractivity contribution in [1.29, 1.82) is 0 Å². The van der Waals surface area contributed by atoms with Gasteiger partial charge in [-0.2, -0.15) is 0 Å². The molecule has 9 heteroatoms. The lowest BCUT2D eigenvalue weighted by molar-refractivity contribution is -0.142. The highest BCUT2D eigenvalue weighted by Gasteiger charge is 2.17. The normalized spacial score (nSPS) is 12.4. The average molecular weight is 484 g/mol. The molecule has 180 valence electrons. The Morgan fingerprint density at radius 1 is 1.09 bits per heavy atom. The van der Waals surface area contributed by atoms with Gasteiger partial charge in [-0.15, -0.1) is 0 Å². The number of fused-ring (bicyclic) bond motifs is 1. The van der Waals surface area contributed by atoms with Crippen molar-refractivity contribution in [2.75, 3.05) is 37.2 Å². The number of aryl methyl sites for hydroxylation is 2. The second-order valence-corrected chi connectivity index (χ2v) is 8.58. The van der Waals surface area contributed by atoms with Crippen molar-refractivity contribution in [1.82, 2.24) is 0 Å². The van der Waals surface area contributed by atoms with E-state index < -0.39 is 0 Å². The molecule has 0 bridgehead atoms. The molecule has 0 unspecified atom stereocenters. The van der Waals surface area contributed by atoms with Gasteiger partial charge in [0.2, 0.25) is 5.91 Å². The van der Waals surface area contributed by atoms with Crippen LogP contribution in [0.3, 0.4) is 0 Å². The highest BCUT2D eigenvalue weighted by Crippen LogP contribution is 2.34. The Bertz CT molecular complexity index is 1140. The molecular weight excluding hydrogens is 454 g/mol. The lowest BCUT2D eigenvalue weighted by atomic mass is 10.1. The van der Waals surface area contributed by atoms with E-state index in [1.54, 1.807) is 38.3 Å². The van der Waals surface area contributed by atoms with Gasteiger partial charge in [-0.1, -0.05) is 11.8 Å². The van der Waals surface area contributed by atoms with Gasteiger partial charge >= 0.3 is 5.97 Å². The summed E-state index contributed by atoms with van der Waals surface area (Å²) in [6.45, 7) is 6.12. The third kappa shape index (κ3) is 6.54. The van der Waals surface area contributed by atoms with E-state index >= 15 is 0 Å². The molecule has 1 aliphatic heterocycles. The molecule has 0 spiro atoms. The zero-order valence-corrected chi connectivity index (χ0v) is 20.8. The number of hydrogen-bond acceptors (Lipinski definition) is 8. The molecule has 2 aromatic carbocycles. The minimum absolute atomic E-state index is 0.0764. The summed E-state index contributed by atoms with van der Waals surface area (Å²) in [5.41, 5.74) is 4.94. The number of ether oxygens (including phenoxy) is 3. The Kier molecular flexibility index (Phi) is 8.59. The highest BCUT2D eigenvalue weighted by molar-refractivity contribution is 8.14. The van der Waals surface area contributed by atoms with Gasteiger partial charge in [-0.25, -0.2) is 4.99 Å². The van der Waals surface area contributed by atoms with Crippen LogP contribution in [0.1, 0.15) is 24.5 Å². The van der Waals surface area contributed by atoms with Crippen LogP contribution >= 0.6 is 11.8 Å². The van der Waals surface area contributed by atoms with Gasteiger partial charge in [-0.3, -0.25) is 9.59 Å². The number of benzene rings is 2. The first-order chi connectivity index (χ1) is 16.3. The Morgan fingerprint density at radius 3 is 2.56 bits per heavy atom. The summed E-state index contributed by atoms with van der Waals surface area (Å²) in [6.07, 6.45) is 1.86. The number of aliphatic imine (C=N–C) groups is 1. The van der Waals surface area contributed by atoms with Crippen LogP contribution in [0.15, 0.2) is 47.1 Å². The number of anilines is 2. The summed E-state index contributed by atoms with van der Waals surface area (Å²) in [4.78, 5) is 29.6. The van der Waals surface area contributed by atoms with Gasteiger partial charge in [0.25, 0.3) is 0 Å². The summed E-state index contributed by atoms with van der Waals surface area (Å²) >= 11 is 1.28. The zero-order chi connectivity index (χ0) is 24.7. The number of nitrogens with zero attached hydrogens (tertiary/aromatic N) is 1. The molecule has 34 heavy (non-hydrogen) atoms. The Balaban J connectivity index is 1.80. The molecule has 3 rings (SSSR count). The maximum absolute atomic E-state index is 12.7. The predicted molar refractivity (Wildman–Crippen MR) is 137 cm³/mol. The van der Waals surface area contributed by atoms with E-state index in [1.165, 1.54) is 18.9 Å². The molecule has 0 saturated heterocycles. The second kappa shape index (κ2) is 11.6. The minimum atomic E-state index is -0.333. The van der Waals surface area contributed by atoms with Crippen LogP contribution in [0.25, 0.3) is 0 Å². The molecule has 2 aromatic rings. The summed E-state index contributed by atoms with van der Waals surface area (Å²) in [5.74, 6) is 0.698. The fourth-order valence-corrected chi connectivity index (χ4v) is 4.02. The van der Waals surface area contributed by atoms with Gasteiger partial charge < -0.3 is 24.8 Å². The standard InChI is InChI=1S/C25H29N3O5S/c1-6-33-25(30)12-17-11-24(28-20-10-16(3)15(2)9-19(20)26-17)34-14-23(29)27-21-13-18(31-4)7-8-22(21)32-5/h7-11,13,26H,6,12,14H2,1-5H3,(H,27,29). The first kappa shape index (κ1) is 25.2. The summed E-state index contributed by atoms with van der Waals surface area (Å²) < 4.78 is 15.7. The molecule has 1 aliphatic rings. The maximum atomic E-state index is 12.7. The molecule has 0 saturated carbocycles. The van der Waals surface area contributed by atoms with Gasteiger partial charge in [0.15, 0.2) is 0 Å². The van der Waals surface area contributed by atoms with E-state index in [0.29, 0.717) is 34.5 Å². The topological polar surface area (TPSA) is 98.3 Å². The molecule has 1 heterocycles. The molecule has 0 aliphatic carbocycles. The van der Waals surface area contributed by atoms with Crippen molar-refractivity contribution in [3.05, 3.63) is 53.2 Å². The van der Waals surface area contributed by atoms with Crippen LogP contribution in [-0.4, -0.2) is 43.5 Å².